The first-order chi connectivity index (χ1) is 10.1. The van der Waals surface area contributed by atoms with E-state index in [0.717, 1.165) is 15.7 Å². The summed E-state index contributed by atoms with van der Waals surface area (Å²) in [7, 11) is 1.91. The van der Waals surface area contributed by atoms with Gasteiger partial charge in [0.15, 0.2) is 0 Å². The molecule has 1 heterocycles. The van der Waals surface area contributed by atoms with Crippen molar-refractivity contribution in [1.82, 2.24) is 10.3 Å². The average molecular weight is 349 g/mol. The number of aromatic nitrogens is 1. The van der Waals surface area contributed by atoms with E-state index in [0.29, 0.717) is 5.82 Å². The number of anilines is 2. The zero-order valence-electron chi connectivity index (χ0n) is 11.9. The van der Waals surface area contributed by atoms with Crippen LogP contribution in [-0.2, 0) is 0 Å². The second-order valence-electron chi connectivity index (χ2n) is 4.55. The molecular weight excluding hydrogens is 332 g/mol. The van der Waals surface area contributed by atoms with Gasteiger partial charge in [-0.1, -0.05) is 12.1 Å². The van der Waals surface area contributed by atoms with Crippen molar-refractivity contribution in [3.63, 3.8) is 0 Å². The van der Waals surface area contributed by atoms with Crippen LogP contribution < -0.4 is 16.0 Å². The highest BCUT2D eigenvalue weighted by atomic mass is 79.9. The number of nitrogens with zero attached hydrogens (tertiary/aromatic N) is 1. The number of carbonyl (C=O) groups is 1. The molecule has 1 atom stereocenters. The van der Waals surface area contributed by atoms with E-state index in [1.165, 1.54) is 0 Å². The first kappa shape index (κ1) is 15.5. The first-order valence-electron chi connectivity index (χ1n) is 6.56. The molecule has 3 N–H and O–H groups in total. The van der Waals surface area contributed by atoms with Crippen molar-refractivity contribution in [2.45, 2.75) is 13.0 Å². The summed E-state index contributed by atoms with van der Waals surface area (Å²) in [5, 5.41) is 8.62. The zero-order valence-corrected chi connectivity index (χ0v) is 13.4. The van der Waals surface area contributed by atoms with Gasteiger partial charge in [0, 0.05) is 17.9 Å². The standard InChI is InChI=1S/C15H17BrN4O/c1-10(17-2)11-5-7-12(8-6-11)19-15(21)20-14-13(16)4-3-9-18-14/h3-10,17H,1-2H3,(H2,18,19,20,21). The quantitative estimate of drug-likeness (QED) is 0.787. The third kappa shape index (κ3) is 4.27. The van der Waals surface area contributed by atoms with Crippen LogP contribution in [0.1, 0.15) is 18.5 Å². The topological polar surface area (TPSA) is 66.0 Å². The number of hydrogen-bond acceptors (Lipinski definition) is 3. The number of urea groups is 1. The number of amides is 2. The molecule has 110 valence electrons. The molecule has 2 rings (SSSR count). The summed E-state index contributed by atoms with van der Waals surface area (Å²) < 4.78 is 0.735. The molecule has 21 heavy (non-hydrogen) atoms. The smallest absolute Gasteiger partial charge is 0.313 e. The summed E-state index contributed by atoms with van der Waals surface area (Å²) in [4.78, 5) is 16.0. The Hall–Kier alpha value is -1.92. The molecule has 2 aromatic rings. The number of rotatable bonds is 4. The van der Waals surface area contributed by atoms with Crippen LogP contribution >= 0.6 is 15.9 Å². The molecule has 1 aromatic carbocycles. The number of pyridine rings is 1. The van der Waals surface area contributed by atoms with E-state index in [1.54, 1.807) is 12.3 Å². The van der Waals surface area contributed by atoms with Crippen molar-refractivity contribution in [2.24, 2.45) is 0 Å². The Morgan fingerprint density at radius 2 is 1.90 bits per heavy atom. The van der Waals surface area contributed by atoms with Gasteiger partial charge in [0.25, 0.3) is 0 Å². The van der Waals surface area contributed by atoms with Crippen molar-refractivity contribution in [1.29, 1.82) is 0 Å². The molecular formula is C15H17BrN4O. The second-order valence-corrected chi connectivity index (χ2v) is 5.40. The normalized spacial score (nSPS) is 11.8. The summed E-state index contributed by atoms with van der Waals surface area (Å²) in [5.41, 5.74) is 1.89. The maximum atomic E-state index is 11.9. The maximum Gasteiger partial charge on any atom is 0.324 e. The second kappa shape index (κ2) is 7.19. The highest BCUT2D eigenvalue weighted by Gasteiger charge is 2.07. The predicted molar refractivity (Wildman–Crippen MR) is 88.5 cm³/mol. The van der Waals surface area contributed by atoms with Crippen LogP contribution in [0.2, 0.25) is 0 Å². The molecule has 0 fully saturated rings. The summed E-state index contributed by atoms with van der Waals surface area (Å²) in [5.74, 6) is 0.482. The monoisotopic (exact) mass is 348 g/mol. The number of benzene rings is 1. The fourth-order valence-corrected chi connectivity index (χ4v) is 2.12. The van der Waals surface area contributed by atoms with E-state index in [1.807, 2.05) is 37.4 Å². The van der Waals surface area contributed by atoms with Crippen molar-refractivity contribution in [3.8, 4) is 0 Å². The average Bonchev–Trinajstić information content (AvgIpc) is 2.49. The van der Waals surface area contributed by atoms with Crippen LogP contribution in [0, 0.1) is 0 Å². The van der Waals surface area contributed by atoms with Crippen molar-refractivity contribution < 1.29 is 4.79 Å². The zero-order chi connectivity index (χ0) is 15.2. The Morgan fingerprint density at radius 1 is 1.19 bits per heavy atom. The summed E-state index contributed by atoms with van der Waals surface area (Å²) >= 11 is 3.33. The molecule has 0 aliphatic carbocycles. The lowest BCUT2D eigenvalue weighted by molar-refractivity contribution is 0.262. The lowest BCUT2D eigenvalue weighted by atomic mass is 10.1. The molecule has 2 amide bonds. The minimum atomic E-state index is -0.330. The molecule has 5 nitrogen and oxygen atoms in total. The van der Waals surface area contributed by atoms with E-state index in [-0.39, 0.29) is 12.1 Å². The summed E-state index contributed by atoms with van der Waals surface area (Å²) in [6.45, 7) is 2.08. The molecule has 0 aliphatic rings. The van der Waals surface area contributed by atoms with Crippen molar-refractivity contribution >= 4 is 33.5 Å². The summed E-state index contributed by atoms with van der Waals surface area (Å²) in [6.07, 6.45) is 1.62. The van der Waals surface area contributed by atoms with Gasteiger partial charge in [0.05, 0.1) is 4.47 Å². The van der Waals surface area contributed by atoms with Gasteiger partial charge in [0.1, 0.15) is 5.82 Å². The van der Waals surface area contributed by atoms with Gasteiger partial charge in [-0.25, -0.2) is 9.78 Å². The number of hydrogen-bond donors (Lipinski definition) is 3. The third-order valence-electron chi connectivity index (χ3n) is 3.09. The van der Waals surface area contributed by atoms with Gasteiger partial charge in [-0.3, -0.25) is 5.32 Å². The highest BCUT2D eigenvalue weighted by molar-refractivity contribution is 9.10. The lowest BCUT2D eigenvalue weighted by Crippen LogP contribution is -2.20. The van der Waals surface area contributed by atoms with Crippen LogP contribution in [0.25, 0.3) is 0 Å². The van der Waals surface area contributed by atoms with Crippen LogP contribution in [0.4, 0.5) is 16.3 Å². The van der Waals surface area contributed by atoms with E-state index in [4.69, 9.17) is 0 Å². The molecule has 0 aliphatic heterocycles. The fraction of sp³-hybridized carbons (Fsp3) is 0.200. The molecule has 1 aromatic heterocycles. The molecule has 0 spiro atoms. The Balaban J connectivity index is 1.98. The molecule has 0 saturated carbocycles. The van der Waals surface area contributed by atoms with Crippen LogP contribution in [-0.4, -0.2) is 18.1 Å². The van der Waals surface area contributed by atoms with Gasteiger partial charge in [-0.15, -0.1) is 0 Å². The maximum absolute atomic E-state index is 11.9. The van der Waals surface area contributed by atoms with Gasteiger partial charge < -0.3 is 10.6 Å². The number of halogens is 1. The molecule has 0 saturated heterocycles. The van der Waals surface area contributed by atoms with Crippen molar-refractivity contribution in [3.05, 3.63) is 52.6 Å². The number of nitrogens with one attached hydrogen (secondary N) is 3. The van der Waals surface area contributed by atoms with E-state index in [9.17, 15) is 4.79 Å². The van der Waals surface area contributed by atoms with Gasteiger partial charge in [0.2, 0.25) is 0 Å². The fourth-order valence-electron chi connectivity index (χ4n) is 1.77. The minimum Gasteiger partial charge on any atom is -0.313 e. The summed E-state index contributed by atoms with van der Waals surface area (Å²) in [6, 6.07) is 11.2. The van der Waals surface area contributed by atoms with Gasteiger partial charge in [-0.05, 0) is 59.7 Å². The van der Waals surface area contributed by atoms with E-state index in [2.05, 4.69) is 43.8 Å². The Morgan fingerprint density at radius 3 is 2.52 bits per heavy atom. The first-order valence-corrected chi connectivity index (χ1v) is 7.35. The Kier molecular flexibility index (Phi) is 5.30. The molecule has 6 heteroatoms. The van der Waals surface area contributed by atoms with Crippen LogP contribution in [0.15, 0.2) is 47.1 Å². The Labute approximate surface area is 132 Å². The SMILES string of the molecule is CNC(C)c1ccc(NC(=O)Nc2ncccc2Br)cc1. The van der Waals surface area contributed by atoms with Gasteiger partial charge >= 0.3 is 6.03 Å². The lowest BCUT2D eigenvalue weighted by Gasteiger charge is -2.12. The van der Waals surface area contributed by atoms with E-state index < -0.39 is 0 Å². The molecule has 1 unspecified atom stereocenters. The largest absolute Gasteiger partial charge is 0.324 e. The van der Waals surface area contributed by atoms with Crippen molar-refractivity contribution in [2.75, 3.05) is 17.7 Å². The third-order valence-corrected chi connectivity index (χ3v) is 3.73. The number of carbonyl (C=O) groups excluding carboxylic acids is 1. The minimum absolute atomic E-state index is 0.275. The molecule has 0 radical (unpaired) electrons. The Bertz CT molecular complexity index is 615. The van der Waals surface area contributed by atoms with E-state index >= 15 is 0 Å². The highest BCUT2D eigenvalue weighted by Crippen LogP contribution is 2.19. The predicted octanol–water partition coefficient (Wildman–Crippen LogP) is 3.77. The van der Waals surface area contributed by atoms with Gasteiger partial charge in [-0.2, -0.15) is 0 Å². The van der Waals surface area contributed by atoms with Crippen LogP contribution in [0.5, 0.6) is 0 Å². The molecule has 0 bridgehead atoms. The van der Waals surface area contributed by atoms with Crippen LogP contribution in [0.3, 0.4) is 0 Å².